The molecule has 0 saturated carbocycles. The van der Waals surface area contributed by atoms with Gasteiger partial charge in [-0.2, -0.15) is 0 Å². The van der Waals surface area contributed by atoms with E-state index in [1.165, 1.54) is 45.6 Å². The van der Waals surface area contributed by atoms with Gasteiger partial charge in [0.25, 0.3) is 0 Å². The van der Waals surface area contributed by atoms with Crippen LogP contribution < -0.4 is 0 Å². The molecule has 132 valence electrons. The summed E-state index contributed by atoms with van der Waals surface area (Å²) in [5.41, 5.74) is 0. The lowest BCUT2D eigenvalue weighted by molar-refractivity contribution is -0.140. The Morgan fingerprint density at radius 1 is 0.739 bits per heavy atom. The van der Waals surface area contributed by atoms with Crippen molar-refractivity contribution in [3.05, 3.63) is 36.5 Å². The van der Waals surface area contributed by atoms with Crippen LogP contribution in [0.4, 0.5) is 0 Å². The van der Waals surface area contributed by atoms with Gasteiger partial charge < -0.3 is 4.74 Å². The first-order valence-corrected chi connectivity index (χ1v) is 9.33. The highest BCUT2D eigenvalue weighted by Crippen LogP contribution is 2.10. The molecular formula is C21H36O2. The standard InChI is InChI=1S/C21H36O2/c1-3-4-5-6-7-8-9-10-11-12-13-14-15-16-17-18-19-20-21(22)23-2/h4-5,7-8,10-11H,3,6,9,12-20H2,1-2H3/b5-4?,8-7?,11-10-. The third-order valence-corrected chi connectivity index (χ3v) is 3.76. The van der Waals surface area contributed by atoms with E-state index in [0.717, 1.165) is 32.1 Å². The first kappa shape index (κ1) is 21.7. The average Bonchev–Trinajstić information content (AvgIpc) is 2.57. The molecule has 0 aliphatic carbocycles. The summed E-state index contributed by atoms with van der Waals surface area (Å²) in [6.45, 7) is 2.16. The van der Waals surface area contributed by atoms with Gasteiger partial charge in [-0.25, -0.2) is 0 Å². The van der Waals surface area contributed by atoms with Crippen LogP contribution in [0, 0.1) is 0 Å². The number of hydrogen-bond donors (Lipinski definition) is 0. The number of unbranched alkanes of at least 4 members (excludes halogenated alkanes) is 7. The molecule has 0 saturated heterocycles. The van der Waals surface area contributed by atoms with Gasteiger partial charge >= 0.3 is 5.97 Å². The van der Waals surface area contributed by atoms with Crippen LogP contribution in [0.15, 0.2) is 36.5 Å². The minimum Gasteiger partial charge on any atom is -0.469 e. The van der Waals surface area contributed by atoms with E-state index in [9.17, 15) is 4.79 Å². The van der Waals surface area contributed by atoms with E-state index in [0.29, 0.717) is 6.42 Å². The van der Waals surface area contributed by atoms with Crippen molar-refractivity contribution in [3.8, 4) is 0 Å². The Morgan fingerprint density at radius 3 is 1.87 bits per heavy atom. The predicted molar refractivity (Wildman–Crippen MR) is 101 cm³/mol. The van der Waals surface area contributed by atoms with Crippen LogP contribution in [0.1, 0.15) is 84.0 Å². The van der Waals surface area contributed by atoms with E-state index < -0.39 is 0 Å². The quantitative estimate of drug-likeness (QED) is 0.195. The lowest BCUT2D eigenvalue weighted by Crippen LogP contribution is -1.99. The summed E-state index contributed by atoms with van der Waals surface area (Å²) >= 11 is 0. The summed E-state index contributed by atoms with van der Waals surface area (Å²) < 4.78 is 4.63. The van der Waals surface area contributed by atoms with E-state index in [2.05, 4.69) is 48.1 Å². The number of rotatable bonds is 15. The topological polar surface area (TPSA) is 26.3 Å². The Morgan fingerprint density at radius 2 is 1.26 bits per heavy atom. The number of carbonyl (C=O) groups is 1. The van der Waals surface area contributed by atoms with Crippen LogP contribution in [0.5, 0.6) is 0 Å². The molecule has 0 aromatic heterocycles. The van der Waals surface area contributed by atoms with Crippen molar-refractivity contribution in [2.45, 2.75) is 84.0 Å². The Labute approximate surface area is 143 Å². The Kier molecular flexibility index (Phi) is 17.7. The summed E-state index contributed by atoms with van der Waals surface area (Å²) in [7, 11) is 1.46. The van der Waals surface area contributed by atoms with Crippen molar-refractivity contribution >= 4 is 5.97 Å². The van der Waals surface area contributed by atoms with Crippen molar-refractivity contribution < 1.29 is 9.53 Å². The van der Waals surface area contributed by atoms with Gasteiger partial charge in [0, 0.05) is 6.42 Å². The first-order chi connectivity index (χ1) is 11.3. The van der Waals surface area contributed by atoms with E-state index in [1.54, 1.807) is 0 Å². The molecule has 0 heterocycles. The first-order valence-electron chi connectivity index (χ1n) is 9.33. The van der Waals surface area contributed by atoms with Crippen LogP contribution in [-0.2, 0) is 9.53 Å². The van der Waals surface area contributed by atoms with Crippen LogP contribution in [0.25, 0.3) is 0 Å². The summed E-state index contributed by atoms with van der Waals surface area (Å²) in [5, 5.41) is 0. The van der Waals surface area contributed by atoms with Gasteiger partial charge in [0.15, 0.2) is 0 Å². The van der Waals surface area contributed by atoms with Crippen LogP contribution >= 0.6 is 0 Å². The molecule has 2 heteroatoms. The van der Waals surface area contributed by atoms with Crippen molar-refractivity contribution in [3.63, 3.8) is 0 Å². The van der Waals surface area contributed by atoms with Crippen LogP contribution in [0.2, 0.25) is 0 Å². The molecule has 0 spiro atoms. The van der Waals surface area contributed by atoms with Gasteiger partial charge in [0.05, 0.1) is 7.11 Å². The SMILES string of the molecule is CCC=CCC=CC/C=C\CCCCCCCCCC(=O)OC. The summed E-state index contributed by atoms with van der Waals surface area (Å²) in [6.07, 6.45) is 27.1. The minimum absolute atomic E-state index is 0.0796. The number of ether oxygens (including phenoxy) is 1. The normalized spacial score (nSPS) is 11.9. The fourth-order valence-electron chi connectivity index (χ4n) is 2.34. The van der Waals surface area contributed by atoms with Crippen molar-refractivity contribution in [1.82, 2.24) is 0 Å². The monoisotopic (exact) mass is 320 g/mol. The van der Waals surface area contributed by atoms with Gasteiger partial charge in [-0.3, -0.25) is 4.79 Å². The maximum absolute atomic E-state index is 10.9. The van der Waals surface area contributed by atoms with Gasteiger partial charge in [0.2, 0.25) is 0 Å². The zero-order valence-electron chi connectivity index (χ0n) is 15.3. The van der Waals surface area contributed by atoms with Crippen molar-refractivity contribution in [2.75, 3.05) is 7.11 Å². The molecule has 2 nitrogen and oxygen atoms in total. The Bertz CT molecular complexity index is 340. The number of hydrogen-bond acceptors (Lipinski definition) is 2. The lowest BCUT2D eigenvalue weighted by Gasteiger charge is -2.01. The third kappa shape index (κ3) is 18.6. The highest BCUT2D eigenvalue weighted by molar-refractivity contribution is 5.68. The summed E-state index contributed by atoms with van der Waals surface area (Å²) in [5.74, 6) is -0.0796. The smallest absolute Gasteiger partial charge is 0.305 e. The third-order valence-electron chi connectivity index (χ3n) is 3.76. The highest BCUT2D eigenvalue weighted by atomic mass is 16.5. The zero-order valence-corrected chi connectivity index (χ0v) is 15.3. The van der Waals surface area contributed by atoms with E-state index in [1.807, 2.05) is 0 Å². The van der Waals surface area contributed by atoms with Gasteiger partial charge in [-0.05, 0) is 38.5 Å². The second-order valence-electron chi connectivity index (χ2n) is 5.88. The largest absolute Gasteiger partial charge is 0.469 e. The van der Waals surface area contributed by atoms with E-state index >= 15 is 0 Å². The van der Waals surface area contributed by atoms with E-state index in [-0.39, 0.29) is 5.97 Å². The molecule has 0 radical (unpaired) electrons. The number of esters is 1. The predicted octanol–water partition coefficient (Wildman–Crippen LogP) is 6.53. The van der Waals surface area contributed by atoms with Crippen LogP contribution in [-0.4, -0.2) is 13.1 Å². The Hall–Kier alpha value is -1.31. The molecule has 0 unspecified atom stereocenters. The van der Waals surface area contributed by atoms with Gasteiger partial charge in [0.1, 0.15) is 0 Å². The highest BCUT2D eigenvalue weighted by Gasteiger charge is 1.98. The molecule has 0 aromatic rings. The molecule has 0 aliphatic rings. The molecule has 0 amide bonds. The second kappa shape index (κ2) is 18.7. The maximum Gasteiger partial charge on any atom is 0.305 e. The average molecular weight is 321 g/mol. The van der Waals surface area contributed by atoms with E-state index in [4.69, 9.17) is 0 Å². The number of carbonyl (C=O) groups excluding carboxylic acids is 1. The molecule has 23 heavy (non-hydrogen) atoms. The molecule has 0 aliphatic heterocycles. The van der Waals surface area contributed by atoms with Gasteiger partial charge in [-0.1, -0.05) is 75.5 Å². The molecule has 0 atom stereocenters. The molecule has 0 N–H and O–H groups in total. The summed E-state index contributed by atoms with van der Waals surface area (Å²) in [4.78, 5) is 10.9. The minimum atomic E-state index is -0.0796. The number of methoxy groups -OCH3 is 1. The maximum atomic E-state index is 10.9. The lowest BCUT2D eigenvalue weighted by atomic mass is 10.1. The fourth-order valence-corrected chi connectivity index (χ4v) is 2.34. The summed E-state index contributed by atoms with van der Waals surface area (Å²) in [6, 6.07) is 0. The molecule has 0 aromatic carbocycles. The Balaban J connectivity index is 3.22. The van der Waals surface area contributed by atoms with Gasteiger partial charge in [-0.15, -0.1) is 0 Å². The fraction of sp³-hybridized carbons (Fsp3) is 0.667. The molecule has 0 rings (SSSR count). The molecule has 0 bridgehead atoms. The molecule has 0 fully saturated rings. The van der Waals surface area contributed by atoms with Crippen molar-refractivity contribution in [2.24, 2.45) is 0 Å². The van der Waals surface area contributed by atoms with Crippen LogP contribution in [0.3, 0.4) is 0 Å². The number of allylic oxidation sites excluding steroid dienone is 6. The second-order valence-corrected chi connectivity index (χ2v) is 5.88. The zero-order chi connectivity index (χ0) is 17.0. The molecular weight excluding hydrogens is 284 g/mol. The van der Waals surface area contributed by atoms with Crippen molar-refractivity contribution in [1.29, 1.82) is 0 Å².